The molecule has 0 aromatic carbocycles. The van der Waals surface area contributed by atoms with Crippen LogP contribution in [-0.2, 0) is 28.7 Å². The molecule has 14 heteroatoms. The number of aliphatic hydroxyl groups excluding tert-OH is 4. The summed E-state index contributed by atoms with van der Waals surface area (Å²) in [5.74, 6) is -0.110. The quantitative estimate of drug-likeness (QED) is 0.0334. The Morgan fingerprint density at radius 2 is 0.467 bits per heavy atom. The Morgan fingerprint density at radius 3 is 0.663 bits per heavy atom. The minimum Gasteiger partial charge on any atom is -0.462 e. The average molecular weight is 1340 g/mol. The van der Waals surface area contributed by atoms with Crippen LogP contribution in [0.25, 0.3) is 0 Å². The first-order valence-electron chi connectivity index (χ1n) is 39.7. The van der Waals surface area contributed by atoms with Crippen LogP contribution in [0.15, 0.2) is 0 Å². The number of ether oxygens (including phenoxy) is 2. The van der Waals surface area contributed by atoms with Gasteiger partial charge in [-0.15, -0.1) is 0 Å². The molecule has 0 aromatic rings. The molecule has 4 unspecified atom stereocenters. The van der Waals surface area contributed by atoms with Crippen molar-refractivity contribution in [3.8, 4) is 0 Å². The van der Waals surface area contributed by atoms with E-state index in [0.29, 0.717) is 50.8 Å². The summed E-state index contributed by atoms with van der Waals surface area (Å²) in [6.45, 7) is 11.7. The van der Waals surface area contributed by atoms with Crippen LogP contribution in [0, 0.1) is 0 Å². The van der Waals surface area contributed by atoms with Gasteiger partial charge in [0, 0.05) is 63.6 Å². The fourth-order valence-electron chi connectivity index (χ4n) is 12.5. The van der Waals surface area contributed by atoms with Crippen LogP contribution in [0.2, 0.25) is 0 Å². The zero-order chi connectivity index (χ0) is 67.3. The van der Waals surface area contributed by atoms with E-state index in [-0.39, 0.29) is 49.1 Å². The largest absolute Gasteiger partial charge is 0.462 e. The molecule has 0 heterocycles. The summed E-state index contributed by atoms with van der Waals surface area (Å²) in [6, 6.07) is 0. The molecule has 546 valence electrons. The average Bonchev–Trinajstić information content (AvgIpc) is 3.41. The minimum atomic E-state index is -0.548. The van der Waals surface area contributed by atoms with Gasteiger partial charge in [-0.2, -0.15) is 0 Å². The molecule has 0 radical (unpaired) electrons. The van der Waals surface area contributed by atoms with Gasteiger partial charge in [-0.3, -0.25) is 29.0 Å². The number of carbonyl (C=O) groups is 4. The van der Waals surface area contributed by atoms with Gasteiger partial charge in [-0.25, -0.2) is 0 Å². The van der Waals surface area contributed by atoms with Gasteiger partial charge in [0.2, 0.25) is 0 Å². The van der Waals surface area contributed by atoms with Crippen molar-refractivity contribution in [3.63, 3.8) is 0 Å². The van der Waals surface area contributed by atoms with Gasteiger partial charge in [0.15, 0.2) is 10.2 Å². The lowest BCUT2D eigenvalue weighted by molar-refractivity contribution is -0.152. The summed E-state index contributed by atoms with van der Waals surface area (Å²) < 4.78 is 10.5. The molecule has 0 saturated heterocycles. The van der Waals surface area contributed by atoms with Crippen molar-refractivity contribution in [2.75, 3.05) is 64.0 Å². The number of hydrogen-bond donors (Lipinski definition) is 4. The first kappa shape index (κ1) is 90.7. The molecular formula is C78H152N2O10S2. The summed E-state index contributed by atoms with van der Waals surface area (Å²) >= 11 is 2.33. The van der Waals surface area contributed by atoms with Gasteiger partial charge in [-0.1, -0.05) is 359 Å². The fourth-order valence-corrected chi connectivity index (χ4v) is 14.2. The van der Waals surface area contributed by atoms with Crippen molar-refractivity contribution in [1.29, 1.82) is 0 Å². The Labute approximate surface area is 577 Å². The number of aliphatic hydroxyl groups is 4. The minimum absolute atomic E-state index is 0.0180. The predicted octanol–water partition coefficient (Wildman–Crippen LogP) is 20.6. The molecule has 0 saturated carbocycles. The summed E-state index contributed by atoms with van der Waals surface area (Å²) in [6.07, 6.45) is 61.9. The van der Waals surface area contributed by atoms with Crippen LogP contribution in [0.3, 0.4) is 0 Å². The van der Waals surface area contributed by atoms with E-state index in [9.17, 15) is 39.6 Å². The second-order valence-electron chi connectivity index (χ2n) is 27.7. The summed E-state index contributed by atoms with van der Waals surface area (Å²) in [7, 11) is 0. The molecule has 4 N–H and O–H groups in total. The van der Waals surface area contributed by atoms with Gasteiger partial charge < -0.3 is 29.9 Å². The maximum absolute atomic E-state index is 12.9. The normalized spacial score (nSPS) is 13.1. The molecule has 0 aliphatic heterocycles. The number of hydrogen-bond acceptors (Lipinski definition) is 14. The third kappa shape index (κ3) is 68.7. The monoisotopic (exact) mass is 1340 g/mol. The maximum atomic E-state index is 12.9. The topological polar surface area (TPSA) is 174 Å². The third-order valence-corrected chi connectivity index (χ3v) is 20.3. The van der Waals surface area contributed by atoms with E-state index in [4.69, 9.17) is 9.47 Å². The van der Waals surface area contributed by atoms with Gasteiger partial charge in [-0.05, 0) is 25.7 Å². The summed E-state index contributed by atoms with van der Waals surface area (Å²) in [5, 5.41) is 44.1. The second kappa shape index (κ2) is 72.5. The number of thioether (sulfide) groups is 2. The number of nitrogens with zero attached hydrogens (tertiary/aromatic N) is 2. The first-order chi connectivity index (χ1) is 44.9. The fraction of sp³-hybridized carbons (Fsp3) is 0.949. The van der Waals surface area contributed by atoms with E-state index < -0.39 is 36.4 Å². The number of esters is 2. The molecule has 0 aliphatic rings. The van der Waals surface area contributed by atoms with Gasteiger partial charge in [0.05, 0.1) is 37.3 Å². The van der Waals surface area contributed by atoms with E-state index in [1.165, 1.54) is 280 Å². The van der Waals surface area contributed by atoms with Crippen molar-refractivity contribution in [1.82, 2.24) is 9.80 Å². The van der Waals surface area contributed by atoms with E-state index >= 15 is 0 Å². The molecular weight excluding hydrogens is 1190 g/mol. The van der Waals surface area contributed by atoms with E-state index in [0.717, 1.165) is 77.0 Å². The van der Waals surface area contributed by atoms with E-state index in [1.54, 1.807) is 0 Å². The maximum Gasteiger partial charge on any atom is 0.306 e. The lowest BCUT2D eigenvalue weighted by Gasteiger charge is -2.27. The van der Waals surface area contributed by atoms with Crippen molar-refractivity contribution < 1.29 is 49.1 Å². The third-order valence-electron chi connectivity index (χ3n) is 18.5. The summed E-state index contributed by atoms with van der Waals surface area (Å²) in [4.78, 5) is 55.1. The Hall–Kier alpha value is -1.26. The van der Waals surface area contributed by atoms with E-state index in [1.807, 2.05) is 0 Å². The molecule has 0 fully saturated rings. The molecule has 12 nitrogen and oxygen atoms in total. The van der Waals surface area contributed by atoms with Crippen LogP contribution < -0.4 is 0 Å². The lowest BCUT2D eigenvalue weighted by Crippen LogP contribution is -2.39. The van der Waals surface area contributed by atoms with Crippen molar-refractivity contribution >= 4 is 45.7 Å². The highest BCUT2D eigenvalue weighted by atomic mass is 32.2. The molecule has 0 spiro atoms. The zero-order valence-electron chi connectivity index (χ0n) is 60.9. The number of carbonyl (C=O) groups excluding carboxylic acids is 4. The highest BCUT2D eigenvalue weighted by Crippen LogP contribution is 2.20. The van der Waals surface area contributed by atoms with Crippen LogP contribution in [0.5, 0.6) is 0 Å². The van der Waals surface area contributed by atoms with Gasteiger partial charge >= 0.3 is 11.9 Å². The molecule has 92 heavy (non-hydrogen) atoms. The predicted molar refractivity (Wildman–Crippen MR) is 395 cm³/mol. The Kier molecular flexibility index (Phi) is 71.5. The highest BCUT2D eigenvalue weighted by Gasteiger charge is 2.20. The molecule has 4 atom stereocenters. The van der Waals surface area contributed by atoms with Crippen LogP contribution in [0.1, 0.15) is 387 Å². The molecule has 0 aliphatic carbocycles. The van der Waals surface area contributed by atoms with Crippen molar-refractivity contribution in [2.24, 2.45) is 0 Å². The Morgan fingerprint density at radius 1 is 0.283 bits per heavy atom. The SMILES string of the molecule is CCCCCCCCCCCCCCC(O)CN(CCSC(=O)CCC(=O)OCCOC(=O)CCC(=O)SCCN(CC(O)CCCCCCCCCCCCCC)CC(O)CCCCCCCCCCCCCC)CC(O)CCCCCCCCCCCCCC. The van der Waals surface area contributed by atoms with Gasteiger partial charge in [0.25, 0.3) is 0 Å². The van der Waals surface area contributed by atoms with Crippen molar-refractivity contribution in [2.45, 2.75) is 412 Å². The summed E-state index contributed by atoms with van der Waals surface area (Å²) in [5.41, 5.74) is 0. The number of unbranched alkanes of at least 4 members (excludes halogenated alkanes) is 44. The first-order valence-corrected chi connectivity index (χ1v) is 41.7. The van der Waals surface area contributed by atoms with Gasteiger partial charge in [0.1, 0.15) is 13.2 Å². The van der Waals surface area contributed by atoms with Crippen LogP contribution >= 0.6 is 23.5 Å². The highest BCUT2D eigenvalue weighted by molar-refractivity contribution is 8.13. The Bertz CT molecular complexity index is 1400. The van der Waals surface area contributed by atoms with Crippen LogP contribution in [-0.4, -0.2) is 141 Å². The molecule has 0 aromatic heterocycles. The van der Waals surface area contributed by atoms with E-state index in [2.05, 4.69) is 37.5 Å². The molecule has 0 rings (SSSR count). The second-order valence-corrected chi connectivity index (χ2v) is 30.0. The zero-order valence-corrected chi connectivity index (χ0v) is 62.6. The van der Waals surface area contributed by atoms with Crippen molar-refractivity contribution in [3.05, 3.63) is 0 Å². The smallest absolute Gasteiger partial charge is 0.306 e. The Balaban J connectivity index is 4.80. The van der Waals surface area contributed by atoms with Crippen LogP contribution in [0.4, 0.5) is 0 Å². The lowest BCUT2D eigenvalue weighted by atomic mass is 10.0. The standard InChI is InChI=1S/C78H152N2O10S2/c1-5-9-13-17-21-25-29-33-37-41-45-49-53-71(81)67-79(68-72(82)54-50-46-42-38-34-30-26-22-18-14-10-6-2)61-65-91-77(87)59-57-75(85)89-63-64-90-76(86)58-60-78(88)92-66-62-80(69-73(83)55-51-47-43-39-35-31-27-23-19-15-11-7-3)70-74(84)56-52-48-44-40-36-32-28-24-20-16-12-8-4/h71-74,81-84H,5-70H2,1-4H3. The number of rotatable bonds is 75. The molecule has 0 bridgehead atoms. The molecule has 0 amide bonds.